The van der Waals surface area contributed by atoms with Gasteiger partial charge in [0.1, 0.15) is 5.82 Å². The lowest BCUT2D eigenvalue weighted by Crippen LogP contribution is -2.30. The highest BCUT2D eigenvalue weighted by atomic mass is 19.1. The van der Waals surface area contributed by atoms with E-state index in [1.807, 2.05) is 13.8 Å². The summed E-state index contributed by atoms with van der Waals surface area (Å²) in [4.78, 5) is 31.0. The van der Waals surface area contributed by atoms with Gasteiger partial charge in [0.15, 0.2) is 11.5 Å². The van der Waals surface area contributed by atoms with Crippen molar-refractivity contribution in [2.75, 3.05) is 0 Å². The van der Waals surface area contributed by atoms with Crippen LogP contribution in [0.1, 0.15) is 37.4 Å². The topological polar surface area (TPSA) is 70.5 Å². The fourth-order valence-electron chi connectivity index (χ4n) is 3.25. The molecule has 0 radical (unpaired) electrons. The minimum atomic E-state index is -0.720. The van der Waals surface area contributed by atoms with E-state index in [9.17, 15) is 19.1 Å². The molecule has 5 nitrogen and oxygen atoms in total. The van der Waals surface area contributed by atoms with Gasteiger partial charge in [0.25, 0.3) is 5.91 Å². The summed E-state index contributed by atoms with van der Waals surface area (Å²) >= 11 is 0. The zero-order valence-corrected chi connectivity index (χ0v) is 15.2. The van der Waals surface area contributed by atoms with Crippen LogP contribution in [0.2, 0.25) is 0 Å². The molecule has 1 amide bonds. The third-order valence-electron chi connectivity index (χ3n) is 4.46. The van der Waals surface area contributed by atoms with Gasteiger partial charge in [-0.25, -0.2) is 4.39 Å². The Morgan fingerprint density at radius 3 is 2.56 bits per heavy atom. The van der Waals surface area contributed by atoms with Crippen molar-refractivity contribution in [1.82, 2.24) is 9.88 Å². The smallest absolute Gasteiger partial charge is 0.290 e. The van der Waals surface area contributed by atoms with Gasteiger partial charge in [0.2, 0.25) is 0 Å². The number of aliphatic hydroxyl groups excluding tert-OH is 1. The normalized spacial score (nSPS) is 17.1. The Kier molecular flexibility index (Phi) is 5.35. The van der Waals surface area contributed by atoms with Crippen molar-refractivity contribution >= 4 is 11.7 Å². The molecule has 140 valence electrons. The van der Waals surface area contributed by atoms with Crippen molar-refractivity contribution in [2.24, 2.45) is 5.92 Å². The van der Waals surface area contributed by atoms with Crippen LogP contribution in [0, 0.1) is 11.7 Å². The molecule has 1 aliphatic rings. The SMILES string of the molecule is CC(C)CC(=O)C1=C(O)C(=O)N(Cc2ccc(F)cc2)C1c1cccnc1. The summed E-state index contributed by atoms with van der Waals surface area (Å²) < 4.78 is 13.2. The van der Waals surface area contributed by atoms with Crippen LogP contribution in [0.25, 0.3) is 0 Å². The van der Waals surface area contributed by atoms with Gasteiger partial charge in [-0.1, -0.05) is 32.0 Å². The number of aromatic nitrogens is 1. The monoisotopic (exact) mass is 368 g/mol. The first-order chi connectivity index (χ1) is 12.9. The molecule has 2 heterocycles. The summed E-state index contributed by atoms with van der Waals surface area (Å²) in [6, 6.07) is 8.55. The van der Waals surface area contributed by atoms with Gasteiger partial charge in [-0.15, -0.1) is 0 Å². The molecular weight excluding hydrogens is 347 g/mol. The number of hydrogen-bond donors (Lipinski definition) is 1. The highest BCUT2D eigenvalue weighted by molar-refractivity contribution is 6.08. The lowest BCUT2D eigenvalue weighted by Gasteiger charge is -2.27. The standard InChI is InChI=1S/C21H21FN2O3/c1-13(2)10-17(25)18-19(15-4-3-9-23-11-15)24(21(27)20(18)26)12-14-5-7-16(22)8-6-14/h3-9,11,13,19,26H,10,12H2,1-2H3. The molecule has 6 heteroatoms. The van der Waals surface area contributed by atoms with Crippen molar-refractivity contribution in [1.29, 1.82) is 0 Å². The minimum absolute atomic E-state index is 0.0913. The van der Waals surface area contributed by atoms with E-state index in [1.165, 1.54) is 17.0 Å². The summed E-state index contributed by atoms with van der Waals surface area (Å²) in [5.41, 5.74) is 1.44. The molecule has 0 fully saturated rings. The molecule has 1 N–H and O–H groups in total. The summed E-state index contributed by atoms with van der Waals surface area (Å²) in [5.74, 6) is -1.67. The second kappa shape index (κ2) is 7.70. The molecule has 0 bridgehead atoms. The van der Waals surface area contributed by atoms with Gasteiger partial charge in [-0.3, -0.25) is 14.6 Å². The Hall–Kier alpha value is -3.02. The van der Waals surface area contributed by atoms with Gasteiger partial charge in [0.05, 0.1) is 11.6 Å². The molecule has 3 rings (SSSR count). The number of carbonyl (C=O) groups excluding carboxylic acids is 2. The highest BCUT2D eigenvalue weighted by Crippen LogP contribution is 2.39. The Bertz CT molecular complexity index is 876. The zero-order valence-electron chi connectivity index (χ0n) is 15.2. The molecule has 2 aromatic rings. The first-order valence-corrected chi connectivity index (χ1v) is 8.80. The largest absolute Gasteiger partial charge is 0.503 e. The zero-order chi connectivity index (χ0) is 19.6. The summed E-state index contributed by atoms with van der Waals surface area (Å²) in [6.07, 6.45) is 3.41. The molecule has 1 aromatic carbocycles. The minimum Gasteiger partial charge on any atom is -0.503 e. The van der Waals surface area contributed by atoms with E-state index in [2.05, 4.69) is 4.98 Å². The average Bonchev–Trinajstić information content (AvgIpc) is 2.88. The number of carbonyl (C=O) groups is 2. The van der Waals surface area contributed by atoms with Crippen molar-refractivity contribution in [3.8, 4) is 0 Å². The maximum atomic E-state index is 13.2. The Morgan fingerprint density at radius 2 is 1.96 bits per heavy atom. The summed E-state index contributed by atoms with van der Waals surface area (Å²) in [5, 5.41) is 10.5. The highest BCUT2D eigenvalue weighted by Gasteiger charge is 2.43. The predicted octanol–water partition coefficient (Wildman–Crippen LogP) is 3.73. The van der Waals surface area contributed by atoms with Crippen molar-refractivity contribution in [3.63, 3.8) is 0 Å². The van der Waals surface area contributed by atoms with Gasteiger partial charge in [-0.05, 0) is 35.2 Å². The molecule has 27 heavy (non-hydrogen) atoms. The van der Waals surface area contributed by atoms with E-state index in [-0.39, 0.29) is 36.1 Å². The van der Waals surface area contributed by atoms with Crippen LogP contribution < -0.4 is 0 Å². The van der Waals surface area contributed by atoms with Crippen molar-refractivity contribution in [3.05, 3.63) is 77.1 Å². The van der Waals surface area contributed by atoms with Crippen LogP contribution >= 0.6 is 0 Å². The summed E-state index contributed by atoms with van der Waals surface area (Å²) in [6.45, 7) is 3.95. The maximum absolute atomic E-state index is 13.2. The van der Waals surface area contributed by atoms with Gasteiger partial charge >= 0.3 is 0 Å². The molecule has 1 atom stereocenters. The number of rotatable bonds is 6. The average molecular weight is 368 g/mol. The number of amides is 1. The number of hydrogen-bond acceptors (Lipinski definition) is 4. The van der Waals surface area contributed by atoms with E-state index in [4.69, 9.17) is 0 Å². The first kappa shape index (κ1) is 18.8. The second-order valence-corrected chi connectivity index (χ2v) is 7.03. The van der Waals surface area contributed by atoms with Crippen molar-refractivity contribution in [2.45, 2.75) is 32.9 Å². The van der Waals surface area contributed by atoms with E-state index in [0.29, 0.717) is 11.1 Å². The first-order valence-electron chi connectivity index (χ1n) is 8.80. The molecular formula is C21H21FN2O3. The second-order valence-electron chi connectivity index (χ2n) is 7.03. The van der Waals surface area contributed by atoms with E-state index < -0.39 is 17.7 Å². The Balaban J connectivity index is 2.01. The summed E-state index contributed by atoms with van der Waals surface area (Å²) in [7, 11) is 0. The number of benzene rings is 1. The third kappa shape index (κ3) is 3.89. The van der Waals surface area contributed by atoms with Gasteiger partial charge in [0, 0.05) is 25.4 Å². The molecule has 0 saturated heterocycles. The number of nitrogens with zero attached hydrogens (tertiary/aromatic N) is 2. The van der Waals surface area contributed by atoms with Crippen LogP contribution in [-0.2, 0) is 16.1 Å². The molecule has 1 unspecified atom stereocenters. The number of halogens is 1. The fourth-order valence-corrected chi connectivity index (χ4v) is 3.25. The van der Waals surface area contributed by atoms with Crippen LogP contribution in [-0.4, -0.2) is 26.7 Å². The van der Waals surface area contributed by atoms with Crippen LogP contribution in [0.5, 0.6) is 0 Å². The Morgan fingerprint density at radius 1 is 1.26 bits per heavy atom. The third-order valence-corrected chi connectivity index (χ3v) is 4.46. The maximum Gasteiger partial charge on any atom is 0.290 e. The number of Topliss-reactive ketones (excluding diaryl/α,β-unsaturated/α-hetero) is 1. The molecule has 0 aliphatic carbocycles. The lowest BCUT2D eigenvalue weighted by molar-refractivity contribution is -0.130. The molecule has 1 aromatic heterocycles. The number of pyridine rings is 1. The van der Waals surface area contributed by atoms with Crippen molar-refractivity contribution < 1.29 is 19.1 Å². The van der Waals surface area contributed by atoms with E-state index in [0.717, 1.165) is 0 Å². The van der Waals surface area contributed by atoms with Crippen LogP contribution in [0.4, 0.5) is 4.39 Å². The number of ketones is 1. The van der Waals surface area contributed by atoms with E-state index in [1.54, 1.807) is 36.7 Å². The fraction of sp³-hybridized carbons (Fsp3) is 0.286. The van der Waals surface area contributed by atoms with Gasteiger partial charge in [-0.2, -0.15) is 0 Å². The molecule has 0 saturated carbocycles. The Labute approximate surface area is 157 Å². The lowest BCUT2D eigenvalue weighted by atomic mass is 9.93. The number of aliphatic hydroxyl groups is 1. The van der Waals surface area contributed by atoms with Crippen LogP contribution in [0.3, 0.4) is 0 Å². The predicted molar refractivity (Wildman–Crippen MR) is 98.0 cm³/mol. The van der Waals surface area contributed by atoms with Crippen LogP contribution in [0.15, 0.2) is 60.1 Å². The molecule has 0 spiro atoms. The quantitative estimate of drug-likeness (QED) is 0.843. The van der Waals surface area contributed by atoms with Gasteiger partial charge < -0.3 is 10.0 Å². The van der Waals surface area contributed by atoms with E-state index >= 15 is 0 Å². The molecule has 1 aliphatic heterocycles.